The molecule has 7 heavy (non-hydrogen) atoms. The van der Waals surface area contributed by atoms with E-state index in [4.69, 9.17) is 0 Å². The summed E-state index contributed by atoms with van der Waals surface area (Å²) in [5.41, 5.74) is 0. The highest BCUT2D eigenvalue weighted by Gasteiger charge is 2.21. The Bertz CT molecular complexity index is 58.6. The van der Waals surface area contributed by atoms with Crippen LogP contribution in [0.3, 0.4) is 0 Å². The van der Waals surface area contributed by atoms with Crippen molar-refractivity contribution in [2.45, 2.75) is 37.9 Å². The molecule has 0 nitrogen and oxygen atoms in total. The van der Waals surface area contributed by atoms with Gasteiger partial charge >= 0.3 is 0 Å². The van der Waals surface area contributed by atoms with Crippen LogP contribution in [0, 0.1) is 0 Å². The summed E-state index contributed by atoms with van der Waals surface area (Å²) in [6.07, 6.45) is 5.83. The number of rotatable bonds is 0. The molecule has 1 rings (SSSR count). The second-order valence-corrected chi connectivity index (χ2v) is 3.37. The van der Waals surface area contributed by atoms with Gasteiger partial charge < -0.3 is 0 Å². The van der Waals surface area contributed by atoms with Gasteiger partial charge in [0.25, 0.3) is 0 Å². The lowest BCUT2D eigenvalue weighted by molar-refractivity contribution is 0.641. The van der Waals surface area contributed by atoms with Crippen LogP contribution in [0.25, 0.3) is 0 Å². The number of hydrogen-bond donors (Lipinski definition) is 0. The third kappa shape index (κ3) is 1.22. The van der Waals surface area contributed by atoms with E-state index in [2.05, 4.69) is 14.8 Å². The quantitative estimate of drug-likeness (QED) is 0.399. The molecule has 0 aromatic heterocycles. The Morgan fingerprint density at radius 3 is 1.86 bits per heavy atom. The molecule has 0 heterocycles. The molecule has 1 saturated carbocycles. The minimum absolute atomic E-state index is 0.694. The molecular weight excluding hydrogens is 82.9 g/mol. The Labute approximate surface area is 46.7 Å². The van der Waals surface area contributed by atoms with Gasteiger partial charge in [-0.1, -0.05) is 37.9 Å². The second kappa shape index (κ2) is 1.54. The fourth-order valence-corrected chi connectivity index (χ4v) is 1.33. The predicted molar refractivity (Wildman–Crippen MR) is 35.4 cm³/mol. The van der Waals surface area contributed by atoms with Crippen molar-refractivity contribution in [3.8, 4) is 0 Å². The maximum Gasteiger partial charge on any atom is 0.109 e. The van der Waals surface area contributed by atoms with E-state index in [0.29, 0.717) is 5.31 Å². The highest BCUT2D eigenvalue weighted by molar-refractivity contribution is 6.14. The van der Waals surface area contributed by atoms with Crippen LogP contribution in [0.4, 0.5) is 0 Å². The van der Waals surface area contributed by atoms with Crippen molar-refractivity contribution in [1.82, 2.24) is 0 Å². The lowest BCUT2D eigenvalue weighted by Gasteiger charge is -2.13. The number of hydrogen-bond acceptors (Lipinski definition) is 0. The molecule has 0 unspecified atom stereocenters. The molecule has 0 saturated heterocycles. The molecule has 40 valence electrons. The lowest BCUT2D eigenvalue weighted by atomic mass is 9.69. The third-order valence-electron chi connectivity index (χ3n) is 1.96. The van der Waals surface area contributed by atoms with Gasteiger partial charge in [-0.2, -0.15) is 0 Å². The molecule has 1 fully saturated rings. The smallest absolute Gasteiger partial charge is 0.0669 e. The molecule has 0 radical (unpaired) electrons. The fraction of sp³-hybridized carbons (Fsp3) is 1.00. The van der Waals surface area contributed by atoms with Gasteiger partial charge in [-0.25, -0.2) is 0 Å². The topological polar surface area (TPSA) is 0 Å². The van der Waals surface area contributed by atoms with Gasteiger partial charge in [0, 0.05) is 0 Å². The van der Waals surface area contributed by atoms with Crippen LogP contribution in [-0.4, -0.2) is 7.85 Å². The Morgan fingerprint density at radius 1 is 1.29 bits per heavy atom. The van der Waals surface area contributed by atoms with Crippen LogP contribution in [0.5, 0.6) is 0 Å². The fourth-order valence-electron chi connectivity index (χ4n) is 1.33. The first kappa shape index (κ1) is 5.21. The van der Waals surface area contributed by atoms with Crippen molar-refractivity contribution in [2.24, 2.45) is 0 Å². The average molecular weight is 96.0 g/mol. The molecule has 0 aromatic carbocycles. The zero-order chi connectivity index (χ0) is 5.33. The van der Waals surface area contributed by atoms with E-state index in [1.165, 1.54) is 25.7 Å². The van der Waals surface area contributed by atoms with Crippen molar-refractivity contribution >= 4 is 7.85 Å². The lowest BCUT2D eigenvalue weighted by Crippen LogP contribution is -1.98. The summed E-state index contributed by atoms with van der Waals surface area (Å²) in [6, 6.07) is 0. The summed E-state index contributed by atoms with van der Waals surface area (Å²) >= 11 is 0. The molecule has 0 N–H and O–H groups in total. The summed E-state index contributed by atoms with van der Waals surface area (Å²) in [7, 11) is 2.36. The second-order valence-electron chi connectivity index (χ2n) is 3.37. The minimum atomic E-state index is 0.694. The molecule has 0 atom stereocenters. The van der Waals surface area contributed by atoms with Crippen molar-refractivity contribution in [1.29, 1.82) is 0 Å². The van der Waals surface area contributed by atoms with Gasteiger partial charge in [-0.05, 0) is 0 Å². The highest BCUT2D eigenvalue weighted by atomic mass is 14.2. The summed E-state index contributed by atoms with van der Waals surface area (Å²) < 4.78 is 0. The van der Waals surface area contributed by atoms with E-state index in [1.807, 2.05) is 0 Å². The monoisotopic (exact) mass is 96.1 g/mol. The van der Waals surface area contributed by atoms with Gasteiger partial charge in [0.15, 0.2) is 0 Å². The van der Waals surface area contributed by atoms with Crippen molar-refractivity contribution in [3.63, 3.8) is 0 Å². The molecule has 1 aliphatic carbocycles. The Balaban J connectivity index is 2.40. The first-order valence-electron chi connectivity index (χ1n) is 3.21. The molecule has 0 aliphatic heterocycles. The maximum absolute atomic E-state index is 2.36. The van der Waals surface area contributed by atoms with E-state index in [-0.39, 0.29) is 0 Å². The van der Waals surface area contributed by atoms with Crippen molar-refractivity contribution in [2.75, 3.05) is 0 Å². The zero-order valence-electron chi connectivity index (χ0n) is 5.33. The Hall–Kier alpha value is 0.0649. The van der Waals surface area contributed by atoms with Gasteiger partial charge in [0.2, 0.25) is 0 Å². The largest absolute Gasteiger partial charge is 0.109 e. The molecule has 0 amide bonds. The van der Waals surface area contributed by atoms with Gasteiger partial charge in [0.05, 0.1) is 0 Å². The third-order valence-corrected chi connectivity index (χ3v) is 1.96. The van der Waals surface area contributed by atoms with Crippen molar-refractivity contribution < 1.29 is 0 Å². The Kier molecular flexibility index (Phi) is 1.14. The summed E-state index contributed by atoms with van der Waals surface area (Å²) in [5, 5.41) is 0.694. The average Bonchev–Trinajstić information content (AvgIpc) is 1.84. The van der Waals surface area contributed by atoms with Crippen LogP contribution in [0.1, 0.15) is 32.6 Å². The van der Waals surface area contributed by atoms with Crippen LogP contribution in [-0.2, 0) is 0 Å². The van der Waals surface area contributed by atoms with Gasteiger partial charge in [0.1, 0.15) is 7.85 Å². The van der Waals surface area contributed by atoms with Crippen LogP contribution in [0.2, 0.25) is 5.31 Å². The van der Waals surface area contributed by atoms with E-state index < -0.39 is 0 Å². The molecule has 0 bridgehead atoms. The van der Waals surface area contributed by atoms with Crippen LogP contribution in [0.15, 0.2) is 0 Å². The van der Waals surface area contributed by atoms with E-state index >= 15 is 0 Å². The van der Waals surface area contributed by atoms with Crippen LogP contribution >= 0.6 is 0 Å². The van der Waals surface area contributed by atoms with Crippen LogP contribution < -0.4 is 0 Å². The van der Waals surface area contributed by atoms with E-state index in [0.717, 1.165) is 0 Å². The normalized spacial score (nSPS) is 28.1. The molecule has 1 aliphatic rings. The standard InChI is InChI=1S/C6H13B/c1-6(7)4-2-3-5-6/h2-5,7H2,1H3. The SMILES string of the molecule is BC1(C)CCCC1. The molecule has 0 spiro atoms. The predicted octanol–water partition coefficient (Wildman–Crippen LogP) is 1.37. The molecule has 1 heteroatoms. The van der Waals surface area contributed by atoms with Gasteiger partial charge in [-0.3, -0.25) is 0 Å². The zero-order valence-corrected chi connectivity index (χ0v) is 5.33. The van der Waals surface area contributed by atoms with E-state index in [9.17, 15) is 0 Å². The first-order chi connectivity index (χ1) is 3.21. The minimum Gasteiger partial charge on any atom is -0.0669 e. The maximum atomic E-state index is 2.36. The summed E-state index contributed by atoms with van der Waals surface area (Å²) in [5.74, 6) is 0. The Morgan fingerprint density at radius 2 is 1.71 bits per heavy atom. The molecule has 0 aromatic rings. The summed E-state index contributed by atoms with van der Waals surface area (Å²) in [4.78, 5) is 0. The van der Waals surface area contributed by atoms with Crippen molar-refractivity contribution in [3.05, 3.63) is 0 Å². The highest BCUT2D eigenvalue weighted by Crippen LogP contribution is 2.40. The summed E-state index contributed by atoms with van der Waals surface area (Å²) in [6.45, 7) is 2.36. The first-order valence-corrected chi connectivity index (χ1v) is 3.21. The molecular formula is C6H13B. The van der Waals surface area contributed by atoms with Gasteiger partial charge in [-0.15, -0.1) is 0 Å². The van der Waals surface area contributed by atoms with E-state index in [1.54, 1.807) is 0 Å².